The quantitative estimate of drug-likeness (QED) is 0.819. The lowest BCUT2D eigenvalue weighted by Gasteiger charge is -2.13. The lowest BCUT2D eigenvalue weighted by molar-refractivity contribution is 0.0697. The Kier molecular flexibility index (Phi) is 5.17. The summed E-state index contributed by atoms with van der Waals surface area (Å²) in [6.07, 6.45) is 1.92. The molecule has 0 aliphatic rings. The van der Waals surface area contributed by atoms with Crippen molar-refractivity contribution in [2.45, 2.75) is 39.3 Å². The van der Waals surface area contributed by atoms with E-state index >= 15 is 0 Å². The van der Waals surface area contributed by atoms with Crippen molar-refractivity contribution in [2.24, 2.45) is 0 Å². The molecule has 0 radical (unpaired) electrons. The second-order valence-electron chi connectivity index (χ2n) is 5.34. The second kappa shape index (κ2) is 7.09. The first-order valence-electron chi connectivity index (χ1n) is 7.15. The van der Waals surface area contributed by atoms with E-state index in [-0.39, 0.29) is 0 Å². The van der Waals surface area contributed by atoms with Crippen molar-refractivity contribution in [1.29, 1.82) is 0 Å². The van der Waals surface area contributed by atoms with Gasteiger partial charge >= 0.3 is 5.97 Å². The Hall–Kier alpha value is -2.07. The highest BCUT2D eigenvalue weighted by Gasteiger charge is 2.06. The summed E-state index contributed by atoms with van der Waals surface area (Å²) in [6, 6.07) is 11.3. The molecule has 0 spiro atoms. The first-order chi connectivity index (χ1) is 10.0. The fraction of sp³-hybridized carbons (Fsp3) is 0.353. The molecule has 2 N–H and O–H groups in total. The average Bonchev–Trinajstić information content (AvgIpc) is 2.89. The van der Waals surface area contributed by atoms with Gasteiger partial charge in [0.15, 0.2) is 0 Å². The average molecular weight is 287 g/mol. The lowest BCUT2D eigenvalue weighted by atomic mass is 10.1. The molecule has 1 aromatic heterocycles. The Morgan fingerprint density at radius 3 is 2.52 bits per heavy atom. The van der Waals surface area contributed by atoms with Crippen LogP contribution in [0.5, 0.6) is 0 Å². The molecule has 4 nitrogen and oxygen atoms in total. The summed E-state index contributed by atoms with van der Waals surface area (Å²) in [6.45, 7) is 4.83. The number of benzene rings is 1. The largest absolute Gasteiger partial charge is 0.478 e. The molecule has 0 aliphatic heterocycles. The number of carboxylic acids is 1. The van der Waals surface area contributed by atoms with Crippen molar-refractivity contribution < 1.29 is 14.3 Å². The minimum atomic E-state index is -0.892. The molecule has 1 aromatic carbocycles. The number of carbonyl (C=O) groups is 1. The van der Waals surface area contributed by atoms with Crippen molar-refractivity contribution >= 4 is 5.97 Å². The summed E-state index contributed by atoms with van der Waals surface area (Å²) in [5, 5.41) is 12.3. The van der Waals surface area contributed by atoms with Gasteiger partial charge in [-0.1, -0.05) is 12.1 Å². The highest BCUT2D eigenvalue weighted by molar-refractivity contribution is 5.87. The number of hydrogen-bond donors (Lipinski definition) is 2. The van der Waals surface area contributed by atoms with Crippen LogP contribution in [0.25, 0.3) is 0 Å². The highest BCUT2D eigenvalue weighted by Crippen LogP contribution is 2.10. The van der Waals surface area contributed by atoms with Crippen LogP contribution in [0.1, 0.15) is 40.8 Å². The maximum Gasteiger partial charge on any atom is 0.335 e. The zero-order valence-corrected chi connectivity index (χ0v) is 12.4. The van der Waals surface area contributed by atoms with Gasteiger partial charge in [0.2, 0.25) is 0 Å². The molecule has 0 saturated heterocycles. The molecule has 1 atom stereocenters. The Bertz CT molecular complexity index is 586. The van der Waals surface area contributed by atoms with Crippen LogP contribution in [-0.2, 0) is 13.0 Å². The van der Waals surface area contributed by atoms with E-state index < -0.39 is 5.97 Å². The molecular weight excluding hydrogens is 266 g/mol. The van der Waals surface area contributed by atoms with Crippen LogP contribution in [0, 0.1) is 6.92 Å². The molecule has 2 aromatic rings. The topological polar surface area (TPSA) is 62.5 Å². The van der Waals surface area contributed by atoms with Crippen LogP contribution < -0.4 is 5.32 Å². The summed E-state index contributed by atoms with van der Waals surface area (Å²) < 4.78 is 5.55. The molecule has 0 amide bonds. The van der Waals surface area contributed by atoms with Crippen LogP contribution in [0.2, 0.25) is 0 Å². The van der Waals surface area contributed by atoms with Gasteiger partial charge in [-0.25, -0.2) is 4.79 Å². The number of hydrogen-bond acceptors (Lipinski definition) is 3. The third kappa shape index (κ3) is 4.76. The molecule has 0 bridgehead atoms. The van der Waals surface area contributed by atoms with Crippen LogP contribution in [0.15, 0.2) is 40.8 Å². The van der Waals surface area contributed by atoms with Crippen molar-refractivity contribution in [3.63, 3.8) is 0 Å². The number of rotatable bonds is 7. The van der Waals surface area contributed by atoms with Gasteiger partial charge in [0.25, 0.3) is 0 Å². The first-order valence-corrected chi connectivity index (χ1v) is 7.15. The Morgan fingerprint density at radius 2 is 1.95 bits per heavy atom. The normalized spacial score (nSPS) is 12.3. The van der Waals surface area contributed by atoms with E-state index in [0.29, 0.717) is 11.6 Å². The van der Waals surface area contributed by atoms with Crippen molar-refractivity contribution in [2.75, 3.05) is 0 Å². The summed E-state index contributed by atoms with van der Waals surface area (Å²) in [5.41, 5.74) is 1.40. The van der Waals surface area contributed by atoms with Crippen LogP contribution in [-0.4, -0.2) is 17.1 Å². The Labute approximate surface area is 124 Å². The summed E-state index contributed by atoms with van der Waals surface area (Å²) in [7, 11) is 0. The lowest BCUT2D eigenvalue weighted by Crippen LogP contribution is -2.25. The van der Waals surface area contributed by atoms with E-state index in [2.05, 4.69) is 12.2 Å². The summed E-state index contributed by atoms with van der Waals surface area (Å²) in [4.78, 5) is 10.8. The van der Waals surface area contributed by atoms with Gasteiger partial charge < -0.3 is 14.8 Å². The van der Waals surface area contributed by atoms with Gasteiger partial charge in [-0.15, -0.1) is 0 Å². The zero-order chi connectivity index (χ0) is 15.2. The van der Waals surface area contributed by atoms with Crippen LogP contribution >= 0.6 is 0 Å². The van der Waals surface area contributed by atoms with Gasteiger partial charge in [-0.3, -0.25) is 0 Å². The Morgan fingerprint density at radius 1 is 1.24 bits per heavy atom. The minimum Gasteiger partial charge on any atom is -0.478 e. The maximum absolute atomic E-state index is 10.8. The number of furan rings is 1. The van der Waals surface area contributed by atoms with Gasteiger partial charge in [0, 0.05) is 19.0 Å². The van der Waals surface area contributed by atoms with Crippen LogP contribution in [0.4, 0.5) is 0 Å². The third-order valence-electron chi connectivity index (χ3n) is 3.48. The van der Waals surface area contributed by atoms with Gasteiger partial charge in [-0.05, 0) is 50.1 Å². The molecule has 1 unspecified atom stereocenters. The molecule has 0 fully saturated rings. The monoisotopic (exact) mass is 287 g/mol. The smallest absolute Gasteiger partial charge is 0.335 e. The van der Waals surface area contributed by atoms with Gasteiger partial charge in [0.1, 0.15) is 11.5 Å². The molecule has 4 heteroatoms. The number of carboxylic acid groups (broad SMARTS) is 1. The third-order valence-corrected chi connectivity index (χ3v) is 3.48. The van der Waals surface area contributed by atoms with Gasteiger partial charge in [0.05, 0.1) is 5.56 Å². The molecule has 0 aliphatic carbocycles. The molecule has 21 heavy (non-hydrogen) atoms. The predicted octanol–water partition coefficient (Wildman–Crippen LogP) is 3.40. The van der Waals surface area contributed by atoms with Gasteiger partial charge in [-0.2, -0.15) is 0 Å². The van der Waals surface area contributed by atoms with Crippen LogP contribution in [0.3, 0.4) is 0 Å². The fourth-order valence-electron chi connectivity index (χ4n) is 2.14. The predicted molar refractivity (Wildman–Crippen MR) is 81.5 cm³/mol. The zero-order valence-electron chi connectivity index (χ0n) is 12.4. The molecular formula is C17H21NO3. The summed E-state index contributed by atoms with van der Waals surface area (Å²) >= 11 is 0. The van der Waals surface area contributed by atoms with E-state index in [0.717, 1.165) is 36.5 Å². The van der Waals surface area contributed by atoms with E-state index in [1.54, 1.807) is 12.1 Å². The Balaban J connectivity index is 1.75. The maximum atomic E-state index is 10.8. The van der Waals surface area contributed by atoms with E-state index in [4.69, 9.17) is 9.52 Å². The van der Waals surface area contributed by atoms with Crippen molar-refractivity contribution in [3.05, 3.63) is 59.0 Å². The summed E-state index contributed by atoms with van der Waals surface area (Å²) in [5.74, 6) is 1.08. The van der Waals surface area contributed by atoms with E-state index in [1.165, 1.54) is 0 Å². The molecule has 1 heterocycles. The molecule has 2 rings (SSSR count). The first kappa shape index (κ1) is 15.3. The van der Waals surface area contributed by atoms with Crippen molar-refractivity contribution in [3.8, 4) is 0 Å². The highest BCUT2D eigenvalue weighted by atomic mass is 16.4. The fourth-order valence-corrected chi connectivity index (χ4v) is 2.14. The second-order valence-corrected chi connectivity index (χ2v) is 5.34. The minimum absolute atomic E-state index is 0.319. The molecule has 112 valence electrons. The van der Waals surface area contributed by atoms with E-state index in [1.807, 2.05) is 31.2 Å². The number of aryl methyl sites for hydroxylation is 2. The number of aromatic carboxylic acids is 1. The standard InChI is InChI=1S/C17H21NO3/c1-12(3-9-16-10-4-13(2)21-16)18-11-14-5-7-15(8-6-14)17(19)20/h4-8,10,12,18H,3,9,11H2,1-2H3,(H,19,20). The SMILES string of the molecule is Cc1ccc(CCC(C)NCc2ccc(C(=O)O)cc2)o1. The van der Waals surface area contributed by atoms with E-state index in [9.17, 15) is 4.79 Å². The van der Waals surface area contributed by atoms with Crippen molar-refractivity contribution in [1.82, 2.24) is 5.32 Å². The number of nitrogens with one attached hydrogen (secondary N) is 1. The molecule has 0 saturated carbocycles.